The van der Waals surface area contributed by atoms with Gasteiger partial charge in [0.15, 0.2) is 5.78 Å². The number of fused-ring (bicyclic) bond motifs is 3. The molecular weight excluding hydrogens is 748 g/mol. The van der Waals surface area contributed by atoms with E-state index >= 15 is 0 Å². The van der Waals surface area contributed by atoms with E-state index in [2.05, 4.69) is 78.2 Å². The molecule has 0 saturated carbocycles. The second-order valence-electron chi connectivity index (χ2n) is 12.2. The summed E-state index contributed by atoms with van der Waals surface area (Å²) in [7, 11) is 0. The lowest BCUT2D eigenvalue weighted by atomic mass is 9.97. The molecule has 0 radical (unpaired) electrons. The van der Waals surface area contributed by atoms with Gasteiger partial charge in [0.05, 0.1) is 22.8 Å². The minimum absolute atomic E-state index is 0.0230. The van der Waals surface area contributed by atoms with Crippen LogP contribution in [0, 0.1) is 0 Å². The van der Waals surface area contributed by atoms with Crippen molar-refractivity contribution in [2.45, 2.75) is 0 Å². The number of aromatic amines is 2. The van der Waals surface area contributed by atoms with E-state index in [1.54, 1.807) is 0 Å². The fraction of sp³-hybridized carbons (Fsp3) is 0. The van der Waals surface area contributed by atoms with Gasteiger partial charge in [0.25, 0.3) is 0 Å². The predicted molar refractivity (Wildman–Crippen MR) is 208 cm³/mol. The molecule has 0 atom stereocenters. The molecule has 0 bridgehead atoms. The number of imidazole rings is 2. The number of aromatic nitrogens is 4. The number of halogens is 2. The van der Waals surface area contributed by atoms with Gasteiger partial charge in [0, 0.05) is 53.5 Å². The Balaban J connectivity index is 1.18. The molecule has 2 N–H and O–H groups in total. The van der Waals surface area contributed by atoms with Crippen molar-refractivity contribution in [3.63, 3.8) is 0 Å². The molecule has 0 unspecified atom stereocenters. The smallest absolute Gasteiger partial charge is 0.194 e. The van der Waals surface area contributed by atoms with Crippen LogP contribution in [0.15, 0.2) is 155 Å². The van der Waals surface area contributed by atoms with Crippen LogP contribution in [0.2, 0.25) is 0 Å². The lowest BCUT2D eigenvalue weighted by molar-refractivity contribution is 0.104. The van der Waals surface area contributed by atoms with Gasteiger partial charge in [-0.05, 0) is 59.7 Å². The van der Waals surface area contributed by atoms with Crippen molar-refractivity contribution in [2.24, 2.45) is 0 Å². The van der Waals surface area contributed by atoms with Gasteiger partial charge in [-0.3, -0.25) is 4.79 Å². The molecule has 7 heteroatoms. The number of nitrogens with one attached hydrogen (secondary N) is 2. The van der Waals surface area contributed by atoms with Gasteiger partial charge in [0.2, 0.25) is 0 Å². The maximum Gasteiger partial charge on any atom is 0.194 e. The van der Waals surface area contributed by atoms with E-state index in [1.807, 2.05) is 109 Å². The lowest BCUT2D eigenvalue weighted by Gasteiger charge is -2.08. The zero-order valence-corrected chi connectivity index (χ0v) is 29.6. The number of rotatable bonds is 6. The van der Waals surface area contributed by atoms with Gasteiger partial charge < -0.3 is 9.97 Å². The molecule has 1 aliphatic carbocycles. The third kappa shape index (κ3) is 5.35. The Kier molecular flexibility index (Phi) is 7.52. The fourth-order valence-electron chi connectivity index (χ4n) is 6.65. The zero-order chi connectivity index (χ0) is 33.8. The molecule has 50 heavy (non-hydrogen) atoms. The maximum atomic E-state index is 13.7. The SMILES string of the molecule is O=C1c2ccc(-c3nc(-c4ccc(Br)cc4)[nH]c3-c3ccccc3)cc2-c2cc(-c3nc(-c4ccc(Br)cc4)[nH]c3-c3ccccc3)ccc21. The highest BCUT2D eigenvalue weighted by Gasteiger charge is 2.29. The van der Waals surface area contributed by atoms with Crippen LogP contribution in [0.3, 0.4) is 0 Å². The van der Waals surface area contributed by atoms with Gasteiger partial charge in [-0.25, -0.2) is 9.97 Å². The monoisotopic (exact) mass is 772 g/mol. The van der Waals surface area contributed by atoms with Crippen LogP contribution in [0.4, 0.5) is 0 Å². The molecule has 0 spiro atoms. The van der Waals surface area contributed by atoms with Crippen molar-refractivity contribution >= 4 is 37.6 Å². The van der Waals surface area contributed by atoms with Crippen molar-refractivity contribution < 1.29 is 4.79 Å². The van der Waals surface area contributed by atoms with E-state index in [9.17, 15) is 4.79 Å². The summed E-state index contributed by atoms with van der Waals surface area (Å²) < 4.78 is 2.01. The van der Waals surface area contributed by atoms with Gasteiger partial charge in [-0.2, -0.15) is 0 Å². The van der Waals surface area contributed by atoms with Crippen LogP contribution in [0.25, 0.3) is 78.9 Å². The summed E-state index contributed by atoms with van der Waals surface area (Å²) in [6.45, 7) is 0. The fourth-order valence-corrected chi connectivity index (χ4v) is 7.18. The molecule has 0 saturated heterocycles. The Morgan fingerprint density at radius 2 is 0.780 bits per heavy atom. The Labute approximate surface area is 305 Å². The minimum Gasteiger partial charge on any atom is -0.337 e. The molecule has 1 aliphatic rings. The zero-order valence-electron chi connectivity index (χ0n) is 26.4. The van der Waals surface area contributed by atoms with E-state index in [-0.39, 0.29) is 5.78 Å². The lowest BCUT2D eigenvalue weighted by Crippen LogP contribution is -1.95. The Bertz CT molecular complexity index is 2380. The molecule has 0 fully saturated rings. The van der Waals surface area contributed by atoms with Gasteiger partial charge in [-0.1, -0.05) is 129 Å². The summed E-state index contributed by atoms with van der Waals surface area (Å²) in [6, 6.07) is 48.8. The van der Waals surface area contributed by atoms with Crippen molar-refractivity contribution in [3.05, 3.63) is 166 Å². The number of H-pyrrole nitrogens is 2. The standard InChI is InChI=1S/C43H26Br2N4O/c44-31-17-11-27(12-18-31)42-46-37(25-7-3-1-4-8-25)39(48-42)29-15-21-33-35(23-29)36-24-30(16-22-34(36)41(33)50)40-38(26-9-5-2-6-10-26)47-43(49-40)28-13-19-32(45)20-14-28/h1-24H,(H,46,48)(H,47,49). The molecule has 0 aliphatic heterocycles. The summed E-state index contributed by atoms with van der Waals surface area (Å²) in [4.78, 5) is 31.2. The van der Waals surface area contributed by atoms with Crippen LogP contribution >= 0.6 is 31.9 Å². The third-order valence-corrected chi connectivity index (χ3v) is 10.2. The van der Waals surface area contributed by atoms with Crippen molar-refractivity contribution in [1.29, 1.82) is 0 Å². The predicted octanol–water partition coefficient (Wildman–Crippen LogP) is 11.9. The van der Waals surface area contributed by atoms with Crippen LogP contribution in [-0.2, 0) is 0 Å². The van der Waals surface area contributed by atoms with E-state index in [4.69, 9.17) is 9.97 Å². The average molecular weight is 775 g/mol. The molecule has 5 nitrogen and oxygen atoms in total. The van der Waals surface area contributed by atoms with Crippen LogP contribution in [0.5, 0.6) is 0 Å². The highest BCUT2D eigenvalue weighted by atomic mass is 79.9. The highest BCUT2D eigenvalue weighted by Crippen LogP contribution is 2.43. The van der Waals surface area contributed by atoms with Gasteiger partial charge >= 0.3 is 0 Å². The van der Waals surface area contributed by atoms with Gasteiger partial charge in [0.1, 0.15) is 11.6 Å². The number of carbonyl (C=O) groups excluding carboxylic acids is 1. The quantitative estimate of drug-likeness (QED) is 0.177. The number of hydrogen-bond acceptors (Lipinski definition) is 3. The second kappa shape index (κ2) is 12.4. The third-order valence-electron chi connectivity index (χ3n) is 9.13. The summed E-state index contributed by atoms with van der Waals surface area (Å²) >= 11 is 7.08. The number of nitrogens with zero attached hydrogens (tertiary/aromatic N) is 2. The van der Waals surface area contributed by atoms with E-state index in [0.29, 0.717) is 11.1 Å². The van der Waals surface area contributed by atoms with Crippen molar-refractivity contribution in [3.8, 4) is 78.9 Å². The summed E-state index contributed by atoms with van der Waals surface area (Å²) in [5.41, 5.74) is 12.5. The first-order valence-electron chi connectivity index (χ1n) is 16.2. The molecular formula is C43H26Br2N4O. The van der Waals surface area contributed by atoms with Crippen LogP contribution in [0.1, 0.15) is 15.9 Å². The Hall–Kier alpha value is -5.63. The van der Waals surface area contributed by atoms with Crippen LogP contribution in [-0.4, -0.2) is 25.7 Å². The van der Waals surface area contributed by atoms with E-state index in [0.717, 1.165) is 87.9 Å². The molecule has 2 heterocycles. The number of carbonyl (C=O) groups is 1. The molecule has 6 aromatic carbocycles. The van der Waals surface area contributed by atoms with E-state index < -0.39 is 0 Å². The maximum absolute atomic E-state index is 13.7. The first-order valence-corrected chi connectivity index (χ1v) is 17.8. The van der Waals surface area contributed by atoms with Crippen molar-refractivity contribution in [1.82, 2.24) is 19.9 Å². The number of hydrogen-bond donors (Lipinski definition) is 2. The summed E-state index contributed by atoms with van der Waals surface area (Å²) in [5.74, 6) is 1.58. The normalized spacial score (nSPS) is 11.8. The molecule has 0 amide bonds. The topological polar surface area (TPSA) is 74.4 Å². The molecule has 2 aromatic heterocycles. The first kappa shape index (κ1) is 30.4. The largest absolute Gasteiger partial charge is 0.337 e. The second-order valence-corrected chi connectivity index (χ2v) is 14.0. The van der Waals surface area contributed by atoms with Gasteiger partial charge in [-0.15, -0.1) is 0 Å². The summed E-state index contributed by atoms with van der Waals surface area (Å²) in [6.07, 6.45) is 0. The average Bonchev–Trinajstić information content (AvgIpc) is 3.88. The molecule has 8 aromatic rings. The highest BCUT2D eigenvalue weighted by molar-refractivity contribution is 9.10. The van der Waals surface area contributed by atoms with Crippen molar-refractivity contribution in [2.75, 3.05) is 0 Å². The van der Waals surface area contributed by atoms with Crippen LogP contribution < -0.4 is 0 Å². The Morgan fingerprint density at radius 3 is 1.18 bits per heavy atom. The summed E-state index contributed by atoms with van der Waals surface area (Å²) in [5, 5.41) is 0. The number of benzene rings is 6. The molecule has 238 valence electrons. The first-order chi connectivity index (χ1) is 24.5. The Morgan fingerprint density at radius 1 is 0.400 bits per heavy atom. The van der Waals surface area contributed by atoms with E-state index in [1.165, 1.54) is 0 Å². The number of ketones is 1. The minimum atomic E-state index is 0.0230. The molecule has 9 rings (SSSR count).